The summed E-state index contributed by atoms with van der Waals surface area (Å²) in [5, 5.41) is 7.27. The first kappa shape index (κ1) is 15.8. The predicted octanol–water partition coefficient (Wildman–Crippen LogP) is 3.72. The summed E-state index contributed by atoms with van der Waals surface area (Å²) in [6, 6.07) is 12.0. The molecule has 0 aliphatic heterocycles. The predicted molar refractivity (Wildman–Crippen MR) is 99.1 cm³/mol. The van der Waals surface area contributed by atoms with E-state index in [0.717, 1.165) is 5.75 Å². The lowest BCUT2D eigenvalue weighted by molar-refractivity contribution is 1.07. The lowest BCUT2D eigenvalue weighted by Crippen LogP contribution is -1.96. The van der Waals surface area contributed by atoms with E-state index >= 15 is 0 Å². The van der Waals surface area contributed by atoms with E-state index in [1.165, 1.54) is 11.8 Å². The third kappa shape index (κ3) is 3.54. The van der Waals surface area contributed by atoms with Crippen molar-refractivity contribution in [3.63, 3.8) is 0 Å². The van der Waals surface area contributed by atoms with Gasteiger partial charge in [0.2, 0.25) is 0 Å². The molecule has 0 bridgehead atoms. The van der Waals surface area contributed by atoms with Crippen molar-refractivity contribution in [2.24, 2.45) is 0 Å². The molecule has 0 radical (unpaired) electrons. The molecule has 2 N–H and O–H groups in total. The average molecular weight is 370 g/mol. The maximum absolute atomic E-state index is 5.92. The summed E-state index contributed by atoms with van der Waals surface area (Å²) in [5.74, 6) is 2.00. The van der Waals surface area contributed by atoms with Gasteiger partial charge in [0.1, 0.15) is 22.2 Å². The third-order valence-corrected chi connectivity index (χ3v) is 4.39. The number of rotatable bonds is 5. The minimum Gasteiger partial charge on any atom is -0.314 e. The number of hydrogen-bond donors (Lipinski definition) is 2. The summed E-state index contributed by atoms with van der Waals surface area (Å²) in [6.45, 7) is 0. The fourth-order valence-electron chi connectivity index (χ4n) is 2.23. The SMILES string of the molecule is Clc1cnc2n[nH]c(-c3nccc(NSCc4ccccc4)n3)c2n1. The van der Waals surface area contributed by atoms with Crippen LogP contribution in [0.5, 0.6) is 0 Å². The van der Waals surface area contributed by atoms with Crippen LogP contribution in [-0.2, 0) is 5.75 Å². The summed E-state index contributed by atoms with van der Waals surface area (Å²) in [7, 11) is 0. The molecule has 0 unspecified atom stereocenters. The second-order valence-electron chi connectivity index (χ2n) is 5.11. The number of aromatic nitrogens is 6. The molecule has 0 aliphatic carbocycles. The summed E-state index contributed by atoms with van der Waals surface area (Å²) in [4.78, 5) is 17.2. The number of anilines is 1. The molecule has 124 valence electrons. The number of H-pyrrole nitrogens is 1. The van der Waals surface area contributed by atoms with Crippen LogP contribution in [0.1, 0.15) is 5.56 Å². The van der Waals surface area contributed by atoms with Crippen LogP contribution in [0, 0.1) is 0 Å². The standard InChI is InChI=1S/C16H12ClN7S/c17-11-8-19-16-13(20-11)14(22-23-16)15-18-7-6-12(21-15)24-25-9-10-4-2-1-3-5-10/h1-8H,9H2,(H,18,21,24)(H,19,22,23). The van der Waals surface area contributed by atoms with Gasteiger partial charge in [-0.15, -0.1) is 0 Å². The van der Waals surface area contributed by atoms with E-state index in [9.17, 15) is 0 Å². The molecule has 0 atom stereocenters. The molecule has 0 amide bonds. The first-order valence-corrected chi connectivity index (χ1v) is 8.78. The van der Waals surface area contributed by atoms with Crippen molar-refractivity contribution in [1.82, 2.24) is 30.1 Å². The molecular formula is C16H12ClN7S. The molecule has 0 spiro atoms. The fraction of sp³-hybridized carbons (Fsp3) is 0.0625. The average Bonchev–Trinajstić information content (AvgIpc) is 3.06. The maximum atomic E-state index is 5.92. The zero-order valence-corrected chi connectivity index (χ0v) is 14.4. The fourth-order valence-corrected chi connectivity index (χ4v) is 3.06. The van der Waals surface area contributed by atoms with E-state index in [-0.39, 0.29) is 0 Å². The van der Waals surface area contributed by atoms with Gasteiger partial charge in [-0.05, 0) is 23.6 Å². The van der Waals surface area contributed by atoms with Crippen LogP contribution in [0.4, 0.5) is 5.82 Å². The first-order valence-electron chi connectivity index (χ1n) is 7.41. The highest BCUT2D eigenvalue weighted by Crippen LogP contribution is 2.23. The largest absolute Gasteiger partial charge is 0.314 e. The summed E-state index contributed by atoms with van der Waals surface area (Å²) in [6.07, 6.45) is 3.13. The van der Waals surface area contributed by atoms with Crippen molar-refractivity contribution in [3.8, 4) is 11.5 Å². The topological polar surface area (TPSA) is 92.3 Å². The van der Waals surface area contributed by atoms with Gasteiger partial charge in [-0.2, -0.15) is 5.10 Å². The second kappa shape index (κ2) is 7.04. The van der Waals surface area contributed by atoms with Crippen LogP contribution in [0.15, 0.2) is 48.8 Å². The number of fused-ring (bicyclic) bond motifs is 1. The Morgan fingerprint density at radius 2 is 1.96 bits per heavy atom. The molecule has 9 heteroatoms. The summed E-state index contributed by atoms with van der Waals surface area (Å²) < 4.78 is 3.22. The van der Waals surface area contributed by atoms with Crippen LogP contribution in [0.3, 0.4) is 0 Å². The highest BCUT2D eigenvalue weighted by Gasteiger charge is 2.13. The number of hydrogen-bond acceptors (Lipinski definition) is 7. The van der Waals surface area contributed by atoms with Gasteiger partial charge in [0.15, 0.2) is 11.5 Å². The molecular weight excluding hydrogens is 358 g/mol. The van der Waals surface area contributed by atoms with Gasteiger partial charge in [0.25, 0.3) is 0 Å². The molecule has 0 fully saturated rings. The van der Waals surface area contributed by atoms with Crippen LogP contribution in [0.2, 0.25) is 5.15 Å². The third-order valence-electron chi connectivity index (χ3n) is 3.37. The number of nitrogens with one attached hydrogen (secondary N) is 2. The summed E-state index contributed by atoms with van der Waals surface area (Å²) in [5.41, 5.74) is 2.84. The van der Waals surface area contributed by atoms with Gasteiger partial charge in [-0.3, -0.25) is 5.10 Å². The minimum atomic E-state index is 0.294. The van der Waals surface area contributed by atoms with Crippen molar-refractivity contribution in [2.45, 2.75) is 5.75 Å². The van der Waals surface area contributed by atoms with Gasteiger partial charge >= 0.3 is 0 Å². The van der Waals surface area contributed by atoms with Gasteiger partial charge < -0.3 is 4.72 Å². The van der Waals surface area contributed by atoms with Crippen molar-refractivity contribution in [3.05, 3.63) is 59.5 Å². The zero-order chi connectivity index (χ0) is 17.1. The maximum Gasteiger partial charge on any atom is 0.200 e. The number of aromatic amines is 1. The minimum absolute atomic E-state index is 0.294. The monoisotopic (exact) mass is 369 g/mol. The Hall–Kier alpha value is -2.71. The van der Waals surface area contributed by atoms with Crippen molar-refractivity contribution in [1.29, 1.82) is 0 Å². The van der Waals surface area contributed by atoms with E-state index < -0.39 is 0 Å². The van der Waals surface area contributed by atoms with E-state index in [1.54, 1.807) is 24.2 Å². The Kier molecular flexibility index (Phi) is 4.45. The Balaban J connectivity index is 1.53. The lowest BCUT2D eigenvalue weighted by atomic mass is 10.2. The highest BCUT2D eigenvalue weighted by molar-refractivity contribution is 7.99. The van der Waals surface area contributed by atoms with Crippen LogP contribution >= 0.6 is 23.5 Å². The summed E-state index contributed by atoms with van der Waals surface area (Å²) >= 11 is 7.48. The molecule has 1 aromatic carbocycles. The molecule has 3 aromatic heterocycles. The number of halogens is 1. The van der Waals surface area contributed by atoms with E-state index in [0.29, 0.717) is 33.7 Å². The molecule has 7 nitrogen and oxygen atoms in total. The van der Waals surface area contributed by atoms with Crippen molar-refractivity contribution < 1.29 is 0 Å². The Labute approximate surface area is 152 Å². The molecule has 0 saturated carbocycles. The van der Waals surface area contributed by atoms with E-state index in [1.807, 2.05) is 18.2 Å². The molecule has 0 aliphatic rings. The van der Waals surface area contributed by atoms with Gasteiger partial charge in [0.05, 0.1) is 6.20 Å². The zero-order valence-electron chi connectivity index (χ0n) is 12.8. The smallest absolute Gasteiger partial charge is 0.200 e. The lowest BCUT2D eigenvalue weighted by Gasteiger charge is -2.05. The molecule has 4 aromatic rings. The molecule has 3 heterocycles. The van der Waals surface area contributed by atoms with Gasteiger partial charge in [0, 0.05) is 11.9 Å². The first-order chi connectivity index (χ1) is 12.3. The Morgan fingerprint density at radius 3 is 2.84 bits per heavy atom. The van der Waals surface area contributed by atoms with Gasteiger partial charge in [-0.25, -0.2) is 19.9 Å². The van der Waals surface area contributed by atoms with Crippen molar-refractivity contribution >= 4 is 40.5 Å². The number of nitrogens with zero attached hydrogens (tertiary/aromatic N) is 5. The molecule has 0 saturated heterocycles. The number of benzene rings is 1. The van der Waals surface area contributed by atoms with Crippen LogP contribution < -0.4 is 4.72 Å². The Morgan fingerprint density at radius 1 is 1.08 bits per heavy atom. The molecule has 25 heavy (non-hydrogen) atoms. The van der Waals surface area contributed by atoms with Crippen LogP contribution in [-0.4, -0.2) is 30.1 Å². The molecule has 4 rings (SSSR count). The quantitative estimate of drug-likeness (QED) is 0.518. The van der Waals surface area contributed by atoms with Gasteiger partial charge in [-0.1, -0.05) is 41.9 Å². The Bertz CT molecular complexity index is 1010. The van der Waals surface area contributed by atoms with E-state index in [2.05, 4.69) is 47.0 Å². The highest BCUT2D eigenvalue weighted by atomic mass is 35.5. The van der Waals surface area contributed by atoms with Crippen molar-refractivity contribution in [2.75, 3.05) is 4.72 Å². The van der Waals surface area contributed by atoms with Crippen LogP contribution in [0.25, 0.3) is 22.7 Å². The normalized spacial score (nSPS) is 10.9. The van der Waals surface area contributed by atoms with E-state index in [4.69, 9.17) is 11.6 Å². The second-order valence-corrected chi connectivity index (χ2v) is 6.27.